The standard InChI is InChI=1S/C19H24ClN3O3S/c20-18-8-7-17(27-18)19(26)22-11-16(25)10-21-13-3-5-14(6-4-13)23-9-1-2-15(23)12-24/h3-8,15-16,21,24-25H,1-2,9-12H2,(H,22,26). The molecule has 1 aliphatic rings. The molecule has 2 atom stereocenters. The van der Waals surface area contributed by atoms with Crippen LogP contribution in [0.1, 0.15) is 22.5 Å². The zero-order valence-corrected chi connectivity index (χ0v) is 16.5. The highest BCUT2D eigenvalue weighted by molar-refractivity contribution is 7.17. The predicted molar refractivity (Wildman–Crippen MR) is 110 cm³/mol. The Hall–Kier alpha value is -1.80. The molecule has 1 amide bonds. The van der Waals surface area contributed by atoms with Crippen molar-refractivity contribution in [2.45, 2.75) is 25.0 Å². The lowest BCUT2D eigenvalue weighted by Crippen LogP contribution is -2.35. The van der Waals surface area contributed by atoms with E-state index in [1.807, 2.05) is 24.3 Å². The third kappa shape index (κ3) is 5.35. The van der Waals surface area contributed by atoms with Gasteiger partial charge in [0, 0.05) is 31.0 Å². The lowest BCUT2D eigenvalue weighted by atomic mass is 10.2. The molecule has 2 heterocycles. The number of anilines is 2. The quantitative estimate of drug-likeness (QED) is 0.538. The molecule has 1 saturated heterocycles. The molecule has 1 fully saturated rings. The van der Waals surface area contributed by atoms with Crippen LogP contribution in [0.4, 0.5) is 11.4 Å². The number of aliphatic hydroxyl groups excluding tert-OH is 2. The zero-order chi connectivity index (χ0) is 19.2. The molecule has 0 spiro atoms. The van der Waals surface area contributed by atoms with Crippen LogP contribution in [0.15, 0.2) is 36.4 Å². The van der Waals surface area contributed by atoms with Crippen molar-refractivity contribution in [3.63, 3.8) is 0 Å². The zero-order valence-electron chi connectivity index (χ0n) is 14.9. The maximum Gasteiger partial charge on any atom is 0.261 e. The number of amides is 1. The van der Waals surface area contributed by atoms with Gasteiger partial charge in [-0.2, -0.15) is 0 Å². The van der Waals surface area contributed by atoms with Crippen LogP contribution in [0.2, 0.25) is 4.34 Å². The highest BCUT2D eigenvalue weighted by Crippen LogP contribution is 2.26. The Bertz CT molecular complexity index is 753. The number of hydrogen-bond acceptors (Lipinski definition) is 6. The minimum absolute atomic E-state index is 0.158. The van der Waals surface area contributed by atoms with Gasteiger partial charge in [0.1, 0.15) is 0 Å². The summed E-state index contributed by atoms with van der Waals surface area (Å²) in [6, 6.07) is 11.5. The van der Waals surface area contributed by atoms with E-state index in [1.54, 1.807) is 12.1 Å². The summed E-state index contributed by atoms with van der Waals surface area (Å²) in [5.41, 5.74) is 1.99. The number of aliphatic hydroxyl groups is 2. The van der Waals surface area contributed by atoms with Gasteiger partial charge in [0.25, 0.3) is 5.91 Å². The molecule has 1 aliphatic heterocycles. The predicted octanol–water partition coefficient (Wildman–Crippen LogP) is 2.57. The van der Waals surface area contributed by atoms with Gasteiger partial charge in [-0.3, -0.25) is 4.79 Å². The largest absolute Gasteiger partial charge is 0.394 e. The molecule has 0 bridgehead atoms. The Labute approximate surface area is 167 Å². The van der Waals surface area contributed by atoms with Crippen molar-refractivity contribution in [1.29, 1.82) is 0 Å². The molecular formula is C19H24ClN3O3S. The van der Waals surface area contributed by atoms with E-state index in [0.717, 1.165) is 30.8 Å². The van der Waals surface area contributed by atoms with Crippen molar-refractivity contribution in [3.8, 4) is 0 Å². The Morgan fingerprint density at radius 3 is 2.70 bits per heavy atom. The Balaban J connectivity index is 1.43. The monoisotopic (exact) mass is 409 g/mol. The molecule has 2 aromatic rings. The summed E-state index contributed by atoms with van der Waals surface area (Å²) in [7, 11) is 0. The Morgan fingerprint density at radius 1 is 1.26 bits per heavy atom. The van der Waals surface area contributed by atoms with Gasteiger partial charge < -0.3 is 25.7 Å². The van der Waals surface area contributed by atoms with E-state index < -0.39 is 6.10 Å². The Kier molecular flexibility index (Phi) is 6.95. The molecule has 4 N–H and O–H groups in total. The summed E-state index contributed by atoms with van der Waals surface area (Å²) in [5, 5.41) is 25.4. The highest BCUT2D eigenvalue weighted by atomic mass is 35.5. The lowest BCUT2D eigenvalue weighted by molar-refractivity contribution is 0.0926. The van der Waals surface area contributed by atoms with E-state index in [1.165, 1.54) is 11.3 Å². The number of carbonyl (C=O) groups is 1. The molecule has 1 aromatic carbocycles. The number of halogens is 1. The van der Waals surface area contributed by atoms with Gasteiger partial charge in [0.2, 0.25) is 0 Å². The molecule has 0 aliphatic carbocycles. The van der Waals surface area contributed by atoms with Crippen LogP contribution in [-0.4, -0.2) is 54.5 Å². The molecule has 146 valence electrons. The van der Waals surface area contributed by atoms with Gasteiger partial charge in [-0.25, -0.2) is 0 Å². The number of nitrogens with one attached hydrogen (secondary N) is 2. The van der Waals surface area contributed by atoms with Crippen LogP contribution >= 0.6 is 22.9 Å². The Morgan fingerprint density at radius 2 is 2.04 bits per heavy atom. The second kappa shape index (κ2) is 9.41. The molecule has 0 saturated carbocycles. The summed E-state index contributed by atoms with van der Waals surface area (Å²) >= 11 is 7.02. The van der Waals surface area contributed by atoms with Gasteiger partial charge in [-0.15, -0.1) is 11.3 Å². The van der Waals surface area contributed by atoms with Crippen molar-refractivity contribution < 1.29 is 15.0 Å². The van der Waals surface area contributed by atoms with Crippen molar-refractivity contribution in [1.82, 2.24) is 5.32 Å². The first kappa shape index (κ1) is 19.9. The minimum atomic E-state index is -0.707. The first-order chi connectivity index (χ1) is 13.1. The lowest BCUT2D eigenvalue weighted by Gasteiger charge is -2.25. The fourth-order valence-electron chi connectivity index (χ4n) is 3.18. The fraction of sp³-hybridized carbons (Fsp3) is 0.421. The topological polar surface area (TPSA) is 84.8 Å². The third-order valence-corrected chi connectivity index (χ3v) is 5.85. The molecule has 0 radical (unpaired) electrons. The molecule has 1 aromatic heterocycles. The average molecular weight is 410 g/mol. The molecule has 27 heavy (non-hydrogen) atoms. The number of carbonyl (C=O) groups excluding carboxylic acids is 1. The van der Waals surface area contributed by atoms with Crippen LogP contribution in [0.25, 0.3) is 0 Å². The van der Waals surface area contributed by atoms with Crippen LogP contribution < -0.4 is 15.5 Å². The van der Waals surface area contributed by atoms with Gasteiger partial charge in [0.15, 0.2) is 0 Å². The van der Waals surface area contributed by atoms with Gasteiger partial charge in [-0.05, 0) is 49.2 Å². The van der Waals surface area contributed by atoms with E-state index in [4.69, 9.17) is 11.6 Å². The second-order valence-corrected chi connectivity index (χ2v) is 8.28. The third-order valence-electron chi connectivity index (χ3n) is 4.62. The van der Waals surface area contributed by atoms with Crippen molar-refractivity contribution >= 4 is 40.2 Å². The number of nitrogens with zero attached hydrogens (tertiary/aromatic N) is 1. The molecule has 6 nitrogen and oxygen atoms in total. The second-order valence-electron chi connectivity index (χ2n) is 6.57. The first-order valence-corrected chi connectivity index (χ1v) is 10.2. The first-order valence-electron chi connectivity index (χ1n) is 9.00. The van der Waals surface area contributed by atoms with Crippen molar-refractivity contribution in [2.75, 3.05) is 36.5 Å². The summed E-state index contributed by atoms with van der Waals surface area (Å²) in [5.74, 6) is -0.237. The summed E-state index contributed by atoms with van der Waals surface area (Å²) in [6.45, 7) is 1.63. The van der Waals surface area contributed by atoms with E-state index >= 15 is 0 Å². The number of thiophene rings is 1. The summed E-state index contributed by atoms with van der Waals surface area (Å²) < 4.78 is 0.560. The van der Waals surface area contributed by atoms with Gasteiger partial charge in [0.05, 0.1) is 28.0 Å². The average Bonchev–Trinajstić information content (AvgIpc) is 3.33. The van der Waals surface area contributed by atoms with Crippen LogP contribution in [0.5, 0.6) is 0 Å². The number of rotatable bonds is 8. The molecule has 8 heteroatoms. The minimum Gasteiger partial charge on any atom is -0.394 e. The van der Waals surface area contributed by atoms with E-state index in [-0.39, 0.29) is 25.1 Å². The maximum absolute atomic E-state index is 11.9. The van der Waals surface area contributed by atoms with E-state index in [0.29, 0.717) is 15.8 Å². The smallest absolute Gasteiger partial charge is 0.261 e. The SMILES string of the molecule is O=C(NCC(O)CNc1ccc(N2CCCC2CO)cc1)c1ccc(Cl)s1. The van der Waals surface area contributed by atoms with Gasteiger partial charge >= 0.3 is 0 Å². The van der Waals surface area contributed by atoms with Gasteiger partial charge in [-0.1, -0.05) is 11.6 Å². The fourth-order valence-corrected chi connectivity index (χ4v) is 4.14. The number of hydrogen-bond donors (Lipinski definition) is 4. The van der Waals surface area contributed by atoms with Crippen LogP contribution in [0, 0.1) is 0 Å². The molecular weight excluding hydrogens is 386 g/mol. The van der Waals surface area contributed by atoms with Crippen LogP contribution in [-0.2, 0) is 0 Å². The summed E-state index contributed by atoms with van der Waals surface area (Å²) in [6.07, 6.45) is 1.41. The van der Waals surface area contributed by atoms with E-state index in [2.05, 4.69) is 15.5 Å². The summed E-state index contributed by atoms with van der Waals surface area (Å²) in [4.78, 5) is 14.7. The molecule has 3 rings (SSSR count). The van der Waals surface area contributed by atoms with Crippen LogP contribution in [0.3, 0.4) is 0 Å². The maximum atomic E-state index is 11.9. The van der Waals surface area contributed by atoms with E-state index in [9.17, 15) is 15.0 Å². The normalized spacial score (nSPS) is 17.7. The number of benzene rings is 1. The highest BCUT2D eigenvalue weighted by Gasteiger charge is 2.23. The van der Waals surface area contributed by atoms with Crippen molar-refractivity contribution in [3.05, 3.63) is 45.6 Å². The molecule has 2 unspecified atom stereocenters. The van der Waals surface area contributed by atoms with Crippen molar-refractivity contribution in [2.24, 2.45) is 0 Å².